The van der Waals surface area contributed by atoms with E-state index >= 15 is 0 Å². The number of hydrogen-bond acceptors (Lipinski definition) is 3. The molecule has 1 heterocycles. The van der Waals surface area contributed by atoms with Crippen LogP contribution in [0.4, 0.5) is 4.39 Å². The van der Waals surface area contributed by atoms with Gasteiger partial charge in [-0.25, -0.2) is 9.82 Å². The first-order valence-corrected chi connectivity index (χ1v) is 6.40. The van der Waals surface area contributed by atoms with Crippen molar-refractivity contribution in [3.8, 4) is 0 Å². The molecule has 1 aromatic carbocycles. The summed E-state index contributed by atoms with van der Waals surface area (Å²) in [5.41, 5.74) is 5.05. The molecule has 20 heavy (non-hydrogen) atoms. The van der Waals surface area contributed by atoms with Crippen LogP contribution in [0.15, 0.2) is 29.4 Å². The molecular formula is C14H13FN4O. The topological polar surface area (TPSA) is 70.1 Å². The Morgan fingerprint density at radius 3 is 3.10 bits per heavy atom. The zero-order chi connectivity index (χ0) is 13.9. The lowest BCUT2D eigenvalue weighted by molar-refractivity contribution is 0.0949. The zero-order valence-electron chi connectivity index (χ0n) is 10.7. The van der Waals surface area contributed by atoms with Crippen LogP contribution < -0.4 is 5.43 Å². The van der Waals surface area contributed by atoms with Crippen molar-refractivity contribution in [2.75, 3.05) is 0 Å². The Kier molecular flexibility index (Phi) is 3.28. The molecule has 1 amide bonds. The summed E-state index contributed by atoms with van der Waals surface area (Å²) in [4.78, 5) is 11.9. The largest absolute Gasteiger partial charge is 0.292 e. The van der Waals surface area contributed by atoms with Gasteiger partial charge in [-0.2, -0.15) is 10.2 Å². The van der Waals surface area contributed by atoms with Crippen LogP contribution in [0, 0.1) is 5.82 Å². The van der Waals surface area contributed by atoms with Crippen LogP contribution in [-0.2, 0) is 12.8 Å². The molecule has 6 heteroatoms. The van der Waals surface area contributed by atoms with Gasteiger partial charge < -0.3 is 0 Å². The van der Waals surface area contributed by atoms with E-state index < -0.39 is 0 Å². The Labute approximate surface area is 114 Å². The molecule has 1 aliphatic carbocycles. The van der Waals surface area contributed by atoms with Gasteiger partial charge in [-0.15, -0.1) is 0 Å². The molecule has 0 bridgehead atoms. The third kappa shape index (κ3) is 2.32. The van der Waals surface area contributed by atoms with Gasteiger partial charge in [-0.3, -0.25) is 9.89 Å². The summed E-state index contributed by atoms with van der Waals surface area (Å²) in [6, 6.07) is 6.21. The Morgan fingerprint density at radius 2 is 2.25 bits per heavy atom. The standard InChI is InChI=1S/C14H13FN4O/c15-11-6-2-1-4-9(11)8-16-19-14(20)13-10-5-3-7-12(10)17-18-13/h1-2,4,6,8H,3,5,7H2,(H,17,18)(H,19,20)/b16-8+. The highest BCUT2D eigenvalue weighted by atomic mass is 19.1. The molecule has 1 aromatic heterocycles. The SMILES string of the molecule is O=C(N/N=C/c1ccccc1F)c1n[nH]c2c1CCC2. The van der Waals surface area contributed by atoms with E-state index in [1.54, 1.807) is 18.2 Å². The maximum atomic E-state index is 13.3. The molecular weight excluding hydrogens is 259 g/mol. The van der Waals surface area contributed by atoms with E-state index in [0.717, 1.165) is 30.5 Å². The smallest absolute Gasteiger partial charge is 0.281 e. The molecule has 0 aliphatic heterocycles. The Morgan fingerprint density at radius 1 is 1.40 bits per heavy atom. The second kappa shape index (κ2) is 5.24. The number of H-pyrrole nitrogens is 1. The number of fused-ring (bicyclic) bond motifs is 1. The summed E-state index contributed by atoms with van der Waals surface area (Å²) < 4.78 is 13.3. The number of carbonyl (C=O) groups is 1. The Bertz CT molecular complexity index is 678. The van der Waals surface area contributed by atoms with Crippen molar-refractivity contribution in [1.29, 1.82) is 0 Å². The van der Waals surface area contributed by atoms with Crippen molar-refractivity contribution in [2.24, 2.45) is 5.10 Å². The average molecular weight is 272 g/mol. The number of benzene rings is 1. The van der Waals surface area contributed by atoms with Crippen LogP contribution in [-0.4, -0.2) is 22.3 Å². The molecule has 0 radical (unpaired) electrons. The molecule has 1 aliphatic rings. The highest BCUT2D eigenvalue weighted by molar-refractivity contribution is 5.94. The van der Waals surface area contributed by atoms with Crippen molar-refractivity contribution in [2.45, 2.75) is 19.3 Å². The fourth-order valence-electron chi connectivity index (χ4n) is 2.30. The number of aromatic amines is 1. The summed E-state index contributed by atoms with van der Waals surface area (Å²) in [6.07, 6.45) is 4.09. The number of nitrogens with one attached hydrogen (secondary N) is 2. The molecule has 0 fully saturated rings. The number of hydrazone groups is 1. The van der Waals surface area contributed by atoms with Crippen molar-refractivity contribution >= 4 is 12.1 Å². The number of aromatic nitrogens is 2. The van der Waals surface area contributed by atoms with Crippen LogP contribution in [0.5, 0.6) is 0 Å². The van der Waals surface area contributed by atoms with Gasteiger partial charge in [-0.05, 0) is 25.3 Å². The maximum Gasteiger partial charge on any atom is 0.292 e. The van der Waals surface area contributed by atoms with E-state index in [1.165, 1.54) is 12.3 Å². The van der Waals surface area contributed by atoms with Gasteiger partial charge in [0.2, 0.25) is 0 Å². The first-order chi connectivity index (χ1) is 9.75. The fourth-order valence-corrected chi connectivity index (χ4v) is 2.30. The predicted molar refractivity (Wildman–Crippen MR) is 72.1 cm³/mol. The summed E-state index contributed by atoms with van der Waals surface area (Å²) in [5, 5.41) is 10.6. The lowest BCUT2D eigenvalue weighted by Gasteiger charge is -1.98. The molecule has 2 aromatic rings. The van der Waals surface area contributed by atoms with E-state index in [0.29, 0.717) is 11.3 Å². The molecule has 3 rings (SSSR count). The normalized spacial score (nSPS) is 13.7. The number of amides is 1. The first kappa shape index (κ1) is 12.5. The minimum atomic E-state index is -0.383. The number of aryl methyl sites for hydroxylation is 1. The van der Waals surface area contributed by atoms with E-state index in [2.05, 4.69) is 20.7 Å². The summed E-state index contributed by atoms with van der Waals surface area (Å²) in [6.45, 7) is 0. The van der Waals surface area contributed by atoms with Crippen molar-refractivity contribution in [3.05, 3.63) is 52.6 Å². The number of halogens is 1. The maximum absolute atomic E-state index is 13.3. The molecule has 0 atom stereocenters. The van der Waals surface area contributed by atoms with Crippen molar-refractivity contribution in [3.63, 3.8) is 0 Å². The zero-order valence-corrected chi connectivity index (χ0v) is 10.7. The molecule has 0 saturated carbocycles. The Balaban J connectivity index is 1.69. The third-order valence-electron chi connectivity index (χ3n) is 3.30. The summed E-state index contributed by atoms with van der Waals surface area (Å²) in [7, 11) is 0. The molecule has 5 nitrogen and oxygen atoms in total. The van der Waals surface area contributed by atoms with Crippen LogP contribution in [0.25, 0.3) is 0 Å². The fraction of sp³-hybridized carbons (Fsp3) is 0.214. The van der Waals surface area contributed by atoms with Crippen LogP contribution in [0.2, 0.25) is 0 Å². The van der Waals surface area contributed by atoms with Gasteiger partial charge in [0.15, 0.2) is 5.69 Å². The first-order valence-electron chi connectivity index (χ1n) is 6.40. The molecule has 2 N–H and O–H groups in total. The average Bonchev–Trinajstić information content (AvgIpc) is 3.03. The lowest BCUT2D eigenvalue weighted by atomic mass is 10.2. The Hall–Kier alpha value is -2.50. The van der Waals surface area contributed by atoms with Gasteiger partial charge in [0.05, 0.1) is 6.21 Å². The van der Waals surface area contributed by atoms with Gasteiger partial charge in [0, 0.05) is 16.8 Å². The monoisotopic (exact) mass is 272 g/mol. The van der Waals surface area contributed by atoms with E-state index in [4.69, 9.17) is 0 Å². The van der Waals surface area contributed by atoms with Gasteiger partial charge in [0.1, 0.15) is 5.82 Å². The van der Waals surface area contributed by atoms with Gasteiger partial charge >= 0.3 is 0 Å². The number of hydrogen-bond donors (Lipinski definition) is 2. The number of rotatable bonds is 3. The quantitative estimate of drug-likeness (QED) is 0.660. The highest BCUT2D eigenvalue weighted by Gasteiger charge is 2.22. The van der Waals surface area contributed by atoms with E-state index in [1.807, 2.05) is 0 Å². The van der Waals surface area contributed by atoms with Crippen LogP contribution >= 0.6 is 0 Å². The molecule has 0 saturated heterocycles. The summed E-state index contributed by atoms with van der Waals surface area (Å²) >= 11 is 0. The number of carbonyl (C=O) groups excluding carboxylic acids is 1. The molecule has 0 unspecified atom stereocenters. The second-order valence-electron chi connectivity index (χ2n) is 4.60. The van der Waals surface area contributed by atoms with Crippen molar-refractivity contribution < 1.29 is 9.18 Å². The second-order valence-corrected chi connectivity index (χ2v) is 4.60. The van der Waals surface area contributed by atoms with Crippen LogP contribution in [0.1, 0.15) is 33.7 Å². The predicted octanol–water partition coefficient (Wildman–Crippen LogP) is 1.80. The highest BCUT2D eigenvalue weighted by Crippen LogP contribution is 2.22. The lowest BCUT2D eigenvalue weighted by Crippen LogP contribution is -2.19. The van der Waals surface area contributed by atoms with Gasteiger partial charge in [-0.1, -0.05) is 18.2 Å². The van der Waals surface area contributed by atoms with E-state index in [9.17, 15) is 9.18 Å². The minimum Gasteiger partial charge on any atom is -0.281 e. The summed E-state index contributed by atoms with van der Waals surface area (Å²) in [5.74, 6) is -0.761. The van der Waals surface area contributed by atoms with Crippen LogP contribution in [0.3, 0.4) is 0 Å². The minimum absolute atomic E-state index is 0.319. The molecule has 0 spiro atoms. The van der Waals surface area contributed by atoms with Gasteiger partial charge in [0.25, 0.3) is 5.91 Å². The molecule has 102 valence electrons. The number of nitrogens with zero attached hydrogens (tertiary/aromatic N) is 2. The van der Waals surface area contributed by atoms with E-state index in [-0.39, 0.29) is 11.7 Å². The van der Waals surface area contributed by atoms with Crippen molar-refractivity contribution in [1.82, 2.24) is 15.6 Å². The third-order valence-corrected chi connectivity index (χ3v) is 3.30.